The number of aromatic nitrogens is 1. The summed E-state index contributed by atoms with van der Waals surface area (Å²) in [5, 5.41) is 2.39. The lowest BCUT2D eigenvalue weighted by Crippen LogP contribution is -2.32. The Morgan fingerprint density at radius 1 is 0.606 bits per heavy atom. The van der Waals surface area contributed by atoms with Crippen molar-refractivity contribution < 1.29 is 4.74 Å². The molecule has 0 amide bonds. The zero-order valence-electron chi connectivity index (χ0n) is 36.9. The molecule has 3 nitrogen and oxygen atoms in total. The second-order valence-electron chi connectivity index (χ2n) is 16.9. The molecule has 0 saturated heterocycles. The molecule has 0 fully saturated rings. The van der Waals surface area contributed by atoms with E-state index in [2.05, 4.69) is 247 Å². The van der Waals surface area contributed by atoms with Crippen LogP contribution in [0.25, 0.3) is 44.2 Å². The summed E-state index contributed by atoms with van der Waals surface area (Å²) in [6.07, 6.45) is 21.0. The second kappa shape index (κ2) is 17.3. The topological polar surface area (TPSA) is 17.4 Å². The van der Waals surface area contributed by atoms with Crippen molar-refractivity contribution in [2.45, 2.75) is 25.2 Å². The number of para-hydroxylation sites is 4. The molecule has 1 aliphatic carbocycles. The first kappa shape index (κ1) is 40.5. The van der Waals surface area contributed by atoms with Gasteiger partial charge in [-0.1, -0.05) is 177 Å². The molecule has 66 heavy (non-hydrogen) atoms. The van der Waals surface area contributed by atoms with Crippen molar-refractivity contribution in [1.82, 2.24) is 4.57 Å². The normalized spacial score (nSPS) is 13.7. The fourth-order valence-electron chi connectivity index (χ4n) is 10.4. The molecule has 1 spiro atoms. The molecule has 8 aromatic carbocycles. The third kappa shape index (κ3) is 6.87. The maximum absolute atomic E-state index is 6.66. The standard InChI is InChI=1S/C63H48N2O/c1-3-21-46(47-38-41-60-54(43-47)53-31-12-16-35-59(53)65(60)49-27-9-6-10-28-49)26-20-42-64(48(22-4-2)29-19-25-45-23-7-5-8-24-45)50-39-40-52-51-30-11-13-32-55(51)63(58(52)44-50)56-33-14-17-36-61(56)66-62-37-18-15-34-57(62)63/h1,5-24,26-41,43-44H,4,25,42H2,2H3/b26-20-,29-19-,46-21+,48-22+. The Bertz CT molecular complexity index is 3400. The third-order valence-electron chi connectivity index (χ3n) is 13.2. The van der Waals surface area contributed by atoms with Gasteiger partial charge in [0.05, 0.1) is 16.4 Å². The van der Waals surface area contributed by atoms with Gasteiger partial charge in [-0.2, -0.15) is 0 Å². The van der Waals surface area contributed by atoms with E-state index in [9.17, 15) is 0 Å². The van der Waals surface area contributed by atoms with Gasteiger partial charge in [-0.25, -0.2) is 0 Å². The Morgan fingerprint density at radius 2 is 1.26 bits per heavy atom. The molecule has 0 N–H and O–H groups in total. The number of terminal acetylenes is 1. The molecule has 2 aliphatic rings. The number of hydrogen-bond donors (Lipinski definition) is 0. The van der Waals surface area contributed by atoms with Crippen LogP contribution in [0.5, 0.6) is 11.5 Å². The fourth-order valence-corrected chi connectivity index (χ4v) is 10.4. The van der Waals surface area contributed by atoms with Gasteiger partial charge in [0, 0.05) is 45.5 Å². The Hall–Kier alpha value is -8.32. The van der Waals surface area contributed by atoms with Gasteiger partial charge in [-0.05, 0) is 119 Å². The van der Waals surface area contributed by atoms with Gasteiger partial charge in [0.25, 0.3) is 0 Å². The first-order valence-corrected chi connectivity index (χ1v) is 22.9. The lowest BCUT2D eigenvalue weighted by atomic mass is 9.66. The highest BCUT2D eigenvalue weighted by Gasteiger charge is 2.51. The van der Waals surface area contributed by atoms with Crippen molar-refractivity contribution in [3.63, 3.8) is 0 Å². The number of allylic oxidation sites excluding steroid dienone is 6. The monoisotopic (exact) mass is 848 g/mol. The van der Waals surface area contributed by atoms with Crippen molar-refractivity contribution in [1.29, 1.82) is 0 Å². The van der Waals surface area contributed by atoms with Gasteiger partial charge in [-0.15, -0.1) is 6.42 Å². The first-order valence-electron chi connectivity index (χ1n) is 22.9. The van der Waals surface area contributed by atoms with E-state index >= 15 is 0 Å². The quantitative estimate of drug-likeness (QED) is 0.0953. The zero-order chi connectivity index (χ0) is 44.5. The smallest absolute Gasteiger partial charge is 0.132 e. The molecule has 1 aliphatic heterocycles. The lowest BCUT2D eigenvalue weighted by molar-refractivity contribution is 0.436. The highest BCUT2D eigenvalue weighted by Crippen LogP contribution is 2.62. The van der Waals surface area contributed by atoms with E-state index in [4.69, 9.17) is 11.2 Å². The molecule has 1 aromatic heterocycles. The first-order chi connectivity index (χ1) is 32.7. The van der Waals surface area contributed by atoms with Crippen molar-refractivity contribution in [2.24, 2.45) is 0 Å². The summed E-state index contributed by atoms with van der Waals surface area (Å²) >= 11 is 0. The molecule has 316 valence electrons. The van der Waals surface area contributed by atoms with Crippen LogP contribution in [0.15, 0.2) is 236 Å². The summed E-state index contributed by atoms with van der Waals surface area (Å²) < 4.78 is 9.01. The van der Waals surface area contributed by atoms with Gasteiger partial charge < -0.3 is 14.2 Å². The van der Waals surface area contributed by atoms with E-state index < -0.39 is 5.41 Å². The van der Waals surface area contributed by atoms with Crippen molar-refractivity contribution in [3.05, 3.63) is 270 Å². The minimum atomic E-state index is -0.572. The molecule has 9 aromatic rings. The van der Waals surface area contributed by atoms with Gasteiger partial charge in [0.1, 0.15) is 11.5 Å². The Morgan fingerprint density at radius 3 is 2.02 bits per heavy atom. The van der Waals surface area contributed by atoms with Gasteiger partial charge >= 0.3 is 0 Å². The Balaban J connectivity index is 1.03. The average molecular weight is 849 g/mol. The molecular weight excluding hydrogens is 801 g/mol. The molecule has 3 heteroatoms. The third-order valence-corrected chi connectivity index (χ3v) is 13.2. The molecule has 0 unspecified atom stereocenters. The number of nitrogens with zero attached hydrogens (tertiary/aromatic N) is 2. The summed E-state index contributed by atoms with van der Waals surface area (Å²) in [5.74, 6) is 4.63. The Labute approximate surface area is 387 Å². The van der Waals surface area contributed by atoms with Crippen LogP contribution in [-0.4, -0.2) is 11.1 Å². The number of rotatable bonds is 11. The SMILES string of the molecule is C#C/C=C(\C=C/CN(C(/C=C\Cc1ccccc1)=C/CC)c1ccc2c(c1)C1(c3ccccc3Oc3ccccc31)c1ccccc1-2)c1ccc2c(c1)c1ccccc1n2-c1ccccc1. The zero-order valence-corrected chi connectivity index (χ0v) is 36.9. The lowest BCUT2D eigenvalue weighted by Gasteiger charge is -2.39. The molecule has 0 bridgehead atoms. The minimum absolute atomic E-state index is 0.572. The van der Waals surface area contributed by atoms with Crippen LogP contribution in [0.3, 0.4) is 0 Å². The summed E-state index contributed by atoms with van der Waals surface area (Å²) in [6, 6.07) is 69.7. The predicted molar refractivity (Wildman–Crippen MR) is 276 cm³/mol. The van der Waals surface area contributed by atoms with E-state index in [-0.39, 0.29) is 0 Å². The summed E-state index contributed by atoms with van der Waals surface area (Å²) in [6.45, 7) is 2.82. The second-order valence-corrected chi connectivity index (χ2v) is 16.9. The predicted octanol–water partition coefficient (Wildman–Crippen LogP) is 15.4. The van der Waals surface area contributed by atoms with Crippen LogP contribution < -0.4 is 9.64 Å². The van der Waals surface area contributed by atoms with E-state index in [0.29, 0.717) is 6.54 Å². The highest BCUT2D eigenvalue weighted by molar-refractivity contribution is 6.10. The van der Waals surface area contributed by atoms with E-state index in [1.54, 1.807) is 0 Å². The molecule has 2 heterocycles. The van der Waals surface area contributed by atoms with Gasteiger partial charge in [0.15, 0.2) is 0 Å². The fraction of sp³-hybridized carbons (Fsp3) is 0.0794. The number of hydrogen-bond acceptors (Lipinski definition) is 2. The largest absolute Gasteiger partial charge is 0.457 e. The maximum atomic E-state index is 6.66. The van der Waals surface area contributed by atoms with Gasteiger partial charge in [0.2, 0.25) is 0 Å². The molecule has 0 radical (unpaired) electrons. The van der Waals surface area contributed by atoms with Crippen molar-refractivity contribution in [3.8, 4) is 40.7 Å². The van der Waals surface area contributed by atoms with Gasteiger partial charge in [-0.3, -0.25) is 0 Å². The molecular formula is C63H48N2O. The average Bonchev–Trinajstić information content (AvgIpc) is 3.85. The number of ether oxygens (including phenoxy) is 1. The van der Waals surface area contributed by atoms with Crippen LogP contribution in [0.4, 0.5) is 5.69 Å². The minimum Gasteiger partial charge on any atom is -0.457 e. The highest BCUT2D eigenvalue weighted by atomic mass is 16.5. The maximum Gasteiger partial charge on any atom is 0.132 e. The van der Waals surface area contributed by atoms with Crippen LogP contribution >= 0.6 is 0 Å². The van der Waals surface area contributed by atoms with Crippen LogP contribution in [-0.2, 0) is 11.8 Å². The summed E-state index contributed by atoms with van der Waals surface area (Å²) in [5.41, 5.74) is 15.8. The van der Waals surface area contributed by atoms with Crippen LogP contribution in [0, 0.1) is 12.3 Å². The van der Waals surface area contributed by atoms with Crippen LogP contribution in [0.2, 0.25) is 0 Å². The van der Waals surface area contributed by atoms with Crippen molar-refractivity contribution >= 4 is 33.1 Å². The number of anilines is 1. The molecule has 0 saturated carbocycles. The summed E-state index contributed by atoms with van der Waals surface area (Å²) in [4.78, 5) is 2.44. The molecule has 11 rings (SSSR count). The Kier molecular flexibility index (Phi) is 10.6. The van der Waals surface area contributed by atoms with E-state index in [1.165, 1.54) is 44.1 Å². The van der Waals surface area contributed by atoms with E-state index in [1.807, 2.05) is 6.08 Å². The van der Waals surface area contributed by atoms with Crippen molar-refractivity contribution in [2.75, 3.05) is 11.4 Å². The number of fused-ring (bicyclic) bond motifs is 12. The number of benzene rings is 8. The van der Waals surface area contributed by atoms with Crippen LogP contribution in [0.1, 0.15) is 46.7 Å². The summed E-state index contributed by atoms with van der Waals surface area (Å²) in [7, 11) is 0. The molecule has 0 atom stereocenters. The van der Waals surface area contributed by atoms with E-state index in [0.717, 1.165) is 69.2 Å².